The molecule has 2 aromatic rings. The van der Waals surface area contributed by atoms with Crippen LogP contribution in [0.15, 0.2) is 33.6 Å². The van der Waals surface area contributed by atoms with Crippen molar-refractivity contribution in [2.24, 2.45) is 17.8 Å². The normalized spacial score (nSPS) is 23.0. The van der Waals surface area contributed by atoms with E-state index >= 15 is 0 Å². The molecule has 0 radical (unpaired) electrons. The van der Waals surface area contributed by atoms with Crippen LogP contribution >= 0.6 is 24.0 Å². The summed E-state index contributed by atoms with van der Waals surface area (Å²) in [5.41, 5.74) is 1.43. The molecule has 3 unspecified atom stereocenters. The summed E-state index contributed by atoms with van der Waals surface area (Å²) < 4.78 is 17.6. The molecule has 2 N–H and O–H groups in total. The molecule has 2 heterocycles. The molecule has 212 valence electrons. The second-order valence-electron chi connectivity index (χ2n) is 10.5. The topological polar surface area (TPSA) is 127 Å². The van der Waals surface area contributed by atoms with Gasteiger partial charge in [-0.2, -0.15) is 0 Å². The Morgan fingerprint density at radius 1 is 1.12 bits per heavy atom. The summed E-state index contributed by atoms with van der Waals surface area (Å²) in [7, 11) is 3.11. The number of rotatable bonds is 11. The van der Waals surface area contributed by atoms with Crippen LogP contribution in [0.3, 0.4) is 0 Å². The molecule has 40 heavy (non-hydrogen) atoms. The van der Waals surface area contributed by atoms with Gasteiger partial charge in [0.1, 0.15) is 27.3 Å². The minimum Gasteiger partial charge on any atom is -0.497 e. The number of amides is 1. The Bertz CT molecular complexity index is 1350. The van der Waals surface area contributed by atoms with Gasteiger partial charge in [-0.3, -0.25) is 19.3 Å². The number of carbonyl (C=O) groups is 3. The maximum atomic E-state index is 13.5. The standard InChI is InChI=1S/C29H31NO8S2/c1-36-19-10-18(11-20(13-19)37-2)23-12-17(4-3-5-21(27(32)33)28(34)35)24(38-23)14-25-26(31)30(29(39)40-25)22-9-15-6-7-16(22)8-15/h10-16,21-22H,3-9H2,1-2H3,(H,32,33)(H,34,35)/b25-14-. The minimum absolute atomic E-state index is 0.0377. The van der Waals surface area contributed by atoms with Crippen LogP contribution in [0, 0.1) is 17.8 Å². The number of carboxylic acid groups (broad SMARTS) is 2. The molecule has 2 aliphatic carbocycles. The number of fused-ring (bicyclic) bond motifs is 2. The summed E-state index contributed by atoms with van der Waals surface area (Å²) in [5.74, 6) is -1.06. The first-order valence-electron chi connectivity index (χ1n) is 13.3. The van der Waals surface area contributed by atoms with Gasteiger partial charge in [0.2, 0.25) is 0 Å². The van der Waals surface area contributed by atoms with Gasteiger partial charge in [-0.05, 0) is 74.1 Å². The fourth-order valence-electron chi connectivity index (χ4n) is 6.11. The third-order valence-corrected chi connectivity index (χ3v) is 9.46. The van der Waals surface area contributed by atoms with Crippen molar-refractivity contribution in [2.45, 2.75) is 51.0 Å². The molecule has 11 heteroatoms. The van der Waals surface area contributed by atoms with Gasteiger partial charge in [0.25, 0.3) is 5.91 Å². The fourth-order valence-corrected chi connectivity index (χ4v) is 7.46. The van der Waals surface area contributed by atoms with E-state index in [4.69, 9.17) is 26.1 Å². The molecular weight excluding hydrogens is 554 g/mol. The molecule has 1 aromatic carbocycles. The minimum atomic E-state index is -1.49. The highest BCUT2D eigenvalue weighted by Crippen LogP contribution is 2.49. The van der Waals surface area contributed by atoms with E-state index in [9.17, 15) is 24.6 Å². The molecule has 2 bridgehead atoms. The number of thiocarbonyl (C=S) groups is 1. The lowest BCUT2D eigenvalue weighted by atomic mass is 9.94. The van der Waals surface area contributed by atoms with Crippen LogP contribution in [0.25, 0.3) is 17.4 Å². The van der Waals surface area contributed by atoms with Crippen molar-refractivity contribution in [2.75, 3.05) is 14.2 Å². The van der Waals surface area contributed by atoms with Crippen molar-refractivity contribution in [3.8, 4) is 22.8 Å². The number of ether oxygens (including phenoxy) is 2. The van der Waals surface area contributed by atoms with Crippen molar-refractivity contribution < 1.29 is 38.5 Å². The quantitative estimate of drug-likeness (QED) is 0.199. The van der Waals surface area contributed by atoms with Crippen LogP contribution in [0.1, 0.15) is 49.8 Å². The lowest BCUT2D eigenvalue weighted by molar-refractivity contribution is -0.154. The Morgan fingerprint density at radius 2 is 1.82 bits per heavy atom. The van der Waals surface area contributed by atoms with E-state index in [1.807, 2.05) is 6.07 Å². The van der Waals surface area contributed by atoms with Crippen LogP contribution in [-0.4, -0.2) is 57.5 Å². The van der Waals surface area contributed by atoms with E-state index < -0.39 is 17.9 Å². The van der Waals surface area contributed by atoms with E-state index in [-0.39, 0.29) is 18.4 Å². The van der Waals surface area contributed by atoms with Gasteiger partial charge in [0.05, 0.1) is 19.1 Å². The summed E-state index contributed by atoms with van der Waals surface area (Å²) in [4.78, 5) is 38.5. The average Bonchev–Trinajstić information content (AvgIpc) is 3.70. The monoisotopic (exact) mass is 585 g/mol. The Kier molecular flexibility index (Phi) is 8.23. The highest BCUT2D eigenvalue weighted by atomic mass is 32.2. The first-order chi connectivity index (χ1) is 19.2. The van der Waals surface area contributed by atoms with Gasteiger partial charge in [-0.15, -0.1) is 0 Å². The molecular formula is C29H31NO8S2. The van der Waals surface area contributed by atoms with E-state index in [1.165, 1.54) is 18.2 Å². The second kappa shape index (κ2) is 11.7. The number of nitrogens with zero attached hydrogens (tertiary/aromatic N) is 1. The summed E-state index contributed by atoms with van der Waals surface area (Å²) in [6.45, 7) is 0. The maximum Gasteiger partial charge on any atom is 0.317 e. The zero-order valence-corrected chi connectivity index (χ0v) is 23.9. The second-order valence-corrected chi connectivity index (χ2v) is 12.2. The smallest absolute Gasteiger partial charge is 0.317 e. The van der Waals surface area contributed by atoms with Crippen molar-refractivity contribution in [1.29, 1.82) is 0 Å². The number of benzene rings is 1. The molecule has 3 aliphatic rings. The Labute approximate surface area is 241 Å². The van der Waals surface area contributed by atoms with Gasteiger partial charge < -0.3 is 24.1 Å². The van der Waals surface area contributed by atoms with Crippen LogP contribution in [0.5, 0.6) is 11.5 Å². The number of furan rings is 1. The predicted molar refractivity (Wildman–Crippen MR) is 153 cm³/mol. The molecule has 9 nitrogen and oxygen atoms in total. The van der Waals surface area contributed by atoms with Crippen LogP contribution in [-0.2, 0) is 20.8 Å². The molecule has 5 rings (SSSR count). The number of hydrogen-bond donors (Lipinski definition) is 2. The summed E-state index contributed by atoms with van der Waals surface area (Å²) in [5, 5.41) is 18.5. The average molecular weight is 586 g/mol. The van der Waals surface area contributed by atoms with E-state index in [1.54, 1.807) is 43.4 Å². The molecule has 1 saturated heterocycles. The van der Waals surface area contributed by atoms with Gasteiger partial charge in [-0.25, -0.2) is 0 Å². The molecule has 0 spiro atoms. The van der Waals surface area contributed by atoms with Crippen LogP contribution in [0.2, 0.25) is 0 Å². The lowest BCUT2D eigenvalue weighted by Crippen LogP contribution is -2.41. The van der Waals surface area contributed by atoms with E-state index in [2.05, 4.69) is 0 Å². The molecule has 1 aromatic heterocycles. The van der Waals surface area contributed by atoms with Gasteiger partial charge >= 0.3 is 11.9 Å². The van der Waals surface area contributed by atoms with Gasteiger partial charge in [0.15, 0.2) is 5.92 Å². The SMILES string of the molecule is COc1cc(OC)cc(-c2cc(CCCC(C(=O)O)C(=O)O)c(/C=C3\SC(=S)N(C4CC5CCC4C5)C3=O)o2)c1. The van der Waals surface area contributed by atoms with E-state index in [0.717, 1.165) is 24.8 Å². The highest BCUT2D eigenvalue weighted by Gasteiger charge is 2.48. The Hall–Kier alpha value is -3.31. The zero-order chi connectivity index (χ0) is 28.6. The van der Waals surface area contributed by atoms with Crippen molar-refractivity contribution in [3.05, 3.63) is 40.5 Å². The van der Waals surface area contributed by atoms with Crippen molar-refractivity contribution in [3.63, 3.8) is 0 Å². The number of thioether (sulfide) groups is 1. The zero-order valence-electron chi connectivity index (χ0n) is 22.3. The van der Waals surface area contributed by atoms with Gasteiger partial charge in [0, 0.05) is 23.7 Å². The Morgan fingerprint density at radius 3 is 2.40 bits per heavy atom. The largest absolute Gasteiger partial charge is 0.497 e. The number of carbonyl (C=O) groups excluding carboxylic acids is 1. The van der Waals surface area contributed by atoms with E-state index in [0.29, 0.717) is 62.5 Å². The molecule has 1 amide bonds. The third kappa shape index (κ3) is 5.62. The third-order valence-electron chi connectivity index (χ3n) is 8.13. The molecule has 1 aliphatic heterocycles. The Balaban J connectivity index is 1.45. The number of carboxylic acids is 2. The number of aryl methyl sites for hydroxylation is 1. The molecule has 3 atom stereocenters. The van der Waals surface area contributed by atoms with Crippen molar-refractivity contribution >= 4 is 52.2 Å². The first kappa shape index (κ1) is 28.2. The number of methoxy groups -OCH3 is 2. The summed E-state index contributed by atoms with van der Waals surface area (Å²) in [6, 6.07) is 7.32. The maximum absolute atomic E-state index is 13.5. The van der Waals surface area contributed by atoms with Crippen LogP contribution in [0.4, 0.5) is 0 Å². The fraction of sp³-hybridized carbons (Fsp3) is 0.448. The van der Waals surface area contributed by atoms with Crippen LogP contribution < -0.4 is 9.47 Å². The molecule has 2 saturated carbocycles. The number of aliphatic carboxylic acids is 2. The number of hydrogen-bond acceptors (Lipinski definition) is 8. The highest BCUT2D eigenvalue weighted by molar-refractivity contribution is 8.26. The summed E-state index contributed by atoms with van der Waals surface area (Å²) in [6.07, 6.45) is 6.84. The van der Waals surface area contributed by atoms with Gasteiger partial charge in [-0.1, -0.05) is 30.4 Å². The van der Waals surface area contributed by atoms with Crippen molar-refractivity contribution in [1.82, 2.24) is 4.90 Å². The predicted octanol–water partition coefficient (Wildman–Crippen LogP) is 5.46. The first-order valence-corrected chi connectivity index (χ1v) is 14.5. The molecule has 3 fully saturated rings. The summed E-state index contributed by atoms with van der Waals surface area (Å²) >= 11 is 6.90. The lowest BCUT2D eigenvalue weighted by Gasteiger charge is -2.30.